The lowest BCUT2D eigenvalue weighted by atomic mass is 10.1. The third-order valence-electron chi connectivity index (χ3n) is 2.51. The Balaban J connectivity index is 2.56. The zero-order chi connectivity index (χ0) is 13.7. The van der Waals surface area contributed by atoms with E-state index in [0.717, 1.165) is 0 Å². The second-order valence-corrected chi connectivity index (χ2v) is 4.25. The molecule has 100 valence electrons. The SMILES string of the molecule is C[C@@H](O)c1ccc(OCCC(=O)N(C)C)c(F)c1. The molecule has 0 fully saturated rings. The minimum Gasteiger partial charge on any atom is -0.490 e. The van der Waals surface area contributed by atoms with Crippen molar-refractivity contribution in [2.75, 3.05) is 20.7 Å². The predicted octanol–water partition coefficient (Wildman–Crippen LogP) is 1.74. The first-order chi connectivity index (χ1) is 8.41. The van der Waals surface area contributed by atoms with E-state index in [-0.39, 0.29) is 24.7 Å². The van der Waals surface area contributed by atoms with Crippen LogP contribution in [0.25, 0.3) is 0 Å². The molecule has 0 radical (unpaired) electrons. The van der Waals surface area contributed by atoms with Gasteiger partial charge in [-0.3, -0.25) is 4.79 Å². The number of carbonyl (C=O) groups excluding carboxylic acids is 1. The van der Waals surface area contributed by atoms with Crippen LogP contribution in [0.1, 0.15) is 25.0 Å². The van der Waals surface area contributed by atoms with Crippen molar-refractivity contribution in [2.24, 2.45) is 0 Å². The molecule has 1 amide bonds. The number of rotatable bonds is 5. The summed E-state index contributed by atoms with van der Waals surface area (Å²) in [6.45, 7) is 1.69. The van der Waals surface area contributed by atoms with E-state index in [1.165, 1.54) is 17.0 Å². The summed E-state index contributed by atoms with van der Waals surface area (Å²) in [6, 6.07) is 4.28. The van der Waals surface area contributed by atoms with E-state index in [1.54, 1.807) is 27.1 Å². The van der Waals surface area contributed by atoms with E-state index in [2.05, 4.69) is 0 Å². The van der Waals surface area contributed by atoms with Gasteiger partial charge in [-0.2, -0.15) is 0 Å². The molecule has 0 bridgehead atoms. The number of nitrogens with zero attached hydrogens (tertiary/aromatic N) is 1. The first-order valence-electron chi connectivity index (χ1n) is 5.72. The van der Waals surface area contributed by atoms with Gasteiger partial charge in [0.15, 0.2) is 11.6 Å². The van der Waals surface area contributed by atoms with Crippen LogP contribution in [0.2, 0.25) is 0 Å². The average Bonchev–Trinajstić information content (AvgIpc) is 2.30. The van der Waals surface area contributed by atoms with E-state index in [1.807, 2.05) is 0 Å². The lowest BCUT2D eigenvalue weighted by molar-refractivity contribution is -0.129. The number of carbonyl (C=O) groups is 1. The molecule has 0 aliphatic carbocycles. The van der Waals surface area contributed by atoms with Gasteiger partial charge in [0.05, 0.1) is 19.1 Å². The molecule has 1 aromatic rings. The number of aliphatic hydroxyl groups is 1. The zero-order valence-corrected chi connectivity index (χ0v) is 10.8. The van der Waals surface area contributed by atoms with Crippen LogP contribution in [0, 0.1) is 5.82 Å². The first-order valence-corrected chi connectivity index (χ1v) is 5.72. The number of halogens is 1. The van der Waals surface area contributed by atoms with Gasteiger partial charge in [0.2, 0.25) is 5.91 Å². The Morgan fingerprint density at radius 3 is 2.67 bits per heavy atom. The standard InChI is InChI=1S/C13H18FNO3/c1-9(16)10-4-5-12(11(14)8-10)18-7-6-13(17)15(2)3/h4-5,8-9,16H,6-7H2,1-3H3/t9-/m1/s1. The number of hydrogen-bond donors (Lipinski definition) is 1. The summed E-state index contributed by atoms with van der Waals surface area (Å²) in [6.07, 6.45) is -0.520. The summed E-state index contributed by atoms with van der Waals surface area (Å²) >= 11 is 0. The molecular weight excluding hydrogens is 237 g/mol. The van der Waals surface area contributed by atoms with E-state index in [0.29, 0.717) is 5.56 Å². The van der Waals surface area contributed by atoms with E-state index < -0.39 is 11.9 Å². The molecule has 0 aliphatic rings. The van der Waals surface area contributed by atoms with Gasteiger partial charge >= 0.3 is 0 Å². The third-order valence-corrected chi connectivity index (χ3v) is 2.51. The maximum Gasteiger partial charge on any atom is 0.225 e. The van der Waals surface area contributed by atoms with Gasteiger partial charge in [0.1, 0.15) is 0 Å². The summed E-state index contributed by atoms with van der Waals surface area (Å²) < 4.78 is 18.8. The second kappa shape index (κ2) is 6.35. The minimum absolute atomic E-state index is 0.0731. The maximum absolute atomic E-state index is 13.6. The van der Waals surface area contributed by atoms with Crippen molar-refractivity contribution in [3.63, 3.8) is 0 Å². The summed E-state index contributed by atoms with van der Waals surface area (Å²) in [4.78, 5) is 12.7. The lowest BCUT2D eigenvalue weighted by Gasteiger charge is -2.12. The molecule has 18 heavy (non-hydrogen) atoms. The molecule has 4 nitrogen and oxygen atoms in total. The Kier molecular flexibility index (Phi) is 5.09. The zero-order valence-electron chi connectivity index (χ0n) is 10.8. The number of ether oxygens (including phenoxy) is 1. The summed E-state index contributed by atoms with van der Waals surface area (Å²) in [5.74, 6) is -0.521. The normalized spacial score (nSPS) is 12.1. The number of amides is 1. The highest BCUT2D eigenvalue weighted by molar-refractivity contribution is 5.75. The number of benzene rings is 1. The predicted molar refractivity (Wildman–Crippen MR) is 65.8 cm³/mol. The van der Waals surface area contributed by atoms with Crippen LogP contribution < -0.4 is 4.74 Å². The minimum atomic E-state index is -0.719. The van der Waals surface area contributed by atoms with Crippen LogP contribution in [-0.2, 0) is 4.79 Å². The fraction of sp³-hybridized carbons (Fsp3) is 0.462. The van der Waals surface area contributed by atoms with Crippen LogP contribution in [0.15, 0.2) is 18.2 Å². The molecule has 1 atom stereocenters. The molecule has 0 aromatic heterocycles. The summed E-state index contributed by atoms with van der Waals surface area (Å²) in [5, 5.41) is 9.29. The summed E-state index contributed by atoms with van der Waals surface area (Å²) in [7, 11) is 3.31. The van der Waals surface area contributed by atoms with Crippen molar-refractivity contribution in [3.05, 3.63) is 29.6 Å². The van der Waals surface area contributed by atoms with Gasteiger partial charge < -0.3 is 14.7 Å². The third kappa shape index (κ3) is 4.00. The Bertz CT molecular complexity index is 419. The molecule has 0 spiro atoms. The number of aliphatic hydroxyl groups excluding tert-OH is 1. The summed E-state index contributed by atoms with van der Waals surface area (Å²) in [5.41, 5.74) is 0.490. The molecular formula is C13H18FNO3. The van der Waals surface area contributed by atoms with Gasteiger partial charge in [-0.25, -0.2) is 4.39 Å². The smallest absolute Gasteiger partial charge is 0.225 e. The Morgan fingerprint density at radius 2 is 2.17 bits per heavy atom. The van der Waals surface area contributed by atoms with Crippen molar-refractivity contribution in [3.8, 4) is 5.75 Å². The van der Waals surface area contributed by atoms with Crippen LogP contribution in [-0.4, -0.2) is 36.6 Å². The molecule has 0 unspecified atom stereocenters. The molecule has 5 heteroatoms. The van der Waals surface area contributed by atoms with Crippen LogP contribution in [0.4, 0.5) is 4.39 Å². The highest BCUT2D eigenvalue weighted by Crippen LogP contribution is 2.22. The molecule has 0 heterocycles. The van der Waals surface area contributed by atoms with E-state index >= 15 is 0 Å². The lowest BCUT2D eigenvalue weighted by Crippen LogP contribution is -2.23. The topological polar surface area (TPSA) is 49.8 Å². The van der Waals surface area contributed by atoms with Crippen LogP contribution >= 0.6 is 0 Å². The molecule has 1 N–H and O–H groups in total. The molecule has 1 rings (SSSR count). The highest BCUT2D eigenvalue weighted by atomic mass is 19.1. The molecule has 1 aromatic carbocycles. The monoisotopic (exact) mass is 255 g/mol. The van der Waals surface area contributed by atoms with Gasteiger partial charge in [-0.05, 0) is 24.6 Å². The van der Waals surface area contributed by atoms with Crippen molar-refractivity contribution in [2.45, 2.75) is 19.4 Å². The van der Waals surface area contributed by atoms with Crippen molar-refractivity contribution in [1.29, 1.82) is 0 Å². The fourth-order valence-electron chi connectivity index (χ4n) is 1.37. The Hall–Kier alpha value is -1.62. The van der Waals surface area contributed by atoms with E-state index in [4.69, 9.17) is 4.74 Å². The molecule has 0 saturated heterocycles. The largest absolute Gasteiger partial charge is 0.490 e. The molecule has 0 saturated carbocycles. The van der Waals surface area contributed by atoms with Crippen molar-refractivity contribution < 1.29 is 19.0 Å². The Labute approximate surface area is 106 Å². The highest BCUT2D eigenvalue weighted by Gasteiger charge is 2.09. The quantitative estimate of drug-likeness (QED) is 0.871. The van der Waals surface area contributed by atoms with Crippen LogP contribution in [0.5, 0.6) is 5.75 Å². The van der Waals surface area contributed by atoms with E-state index in [9.17, 15) is 14.3 Å². The average molecular weight is 255 g/mol. The van der Waals surface area contributed by atoms with Crippen molar-refractivity contribution >= 4 is 5.91 Å². The second-order valence-electron chi connectivity index (χ2n) is 4.25. The van der Waals surface area contributed by atoms with Gasteiger partial charge in [-0.15, -0.1) is 0 Å². The van der Waals surface area contributed by atoms with Crippen LogP contribution in [0.3, 0.4) is 0 Å². The van der Waals surface area contributed by atoms with Gasteiger partial charge in [0.25, 0.3) is 0 Å². The Morgan fingerprint density at radius 1 is 1.50 bits per heavy atom. The van der Waals surface area contributed by atoms with Gasteiger partial charge in [0, 0.05) is 14.1 Å². The first kappa shape index (κ1) is 14.4. The molecule has 0 aliphatic heterocycles. The fourth-order valence-corrected chi connectivity index (χ4v) is 1.37. The van der Waals surface area contributed by atoms with Gasteiger partial charge in [-0.1, -0.05) is 6.07 Å². The van der Waals surface area contributed by atoms with Crippen molar-refractivity contribution in [1.82, 2.24) is 4.90 Å². The maximum atomic E-state index is 13.6. The number of hydrogen-bond acceptors (Lipinski definition) is 3.